The van der Waals surface area contributed by atoms with E-state index in [1.807, 2.05) is 20.8 Å². The lowest BCUT2D eigenvalue weighted by Gasteiger charge is -2.19. The van der Waals surface area contributed by atoms with Gasteiger partial charge in [0.15, 0.2) is 0 Å². The highest BCUT2D eigenvalue weighted by atomic mass is 35.7. The van der Waals surface area contributed by atoms with Gasteiger partial charge in [-0.2, -0.15) is 0 Å². The van der Waals surface area contributed by atoms with E-state index < -0.39 is 42.5 Å². The molecule has 0 radical (unpaired) electrons. The maximum atomic E-state index is 12.5. The monoisotopic (exact) mass is 752 g/mol. The van der Waals surface area contributed by atoms with Gasteiger partial charge in [-0.05, 0) is 116 Å². The Hall–Kier alpha value is -3.31. The number of alkyl carbamates (subject to hydrolysis) is 2. The van der Waals surface area contributed by atoms with E-state index in [9.17, 15) is 26.4 Å². The topological polar surface area (TPSA) is 201 Å². The molecule has 2 rings (SSSR count). The second-order valence-electron chi connectivity index (χ2n) is 12.7. The van der Waals surface area contributed by atoms with Crippen LogP contribution in [-0.4, -0.2) is 80.6 Å². The first-order chi connectivity index (χ1) is 22.3. The van der Waals surface area contributed by atoms with Crippen molar-refractivity contribution in [2.24, 2.45) is 5.73 Å². The minimum Gasteiger partial charge on any atom is -0.497 e. The number of hydrogen-bond acceptors (Lipinski definition) is 11. The first-order valence-corrected chi connectivity index (χ1v) is 19.0. The molecule has 0 spiro atoms. The summed E-state index contributed by atoms with van der Waals surface area (Å²) in [5.41, 5.74) is 6.52. The molecule has 0 atom stereocenters. The second-order valence-corrected chi connectivity index (χ2v) is 16.9. The third kappa shape index (κ3) is 18.3. The van der Waals surface area contributed by atoms with Crippen molar-refractivity contribution in [3.8, 4) is 11.5 Å². The zero-order valence-electron chi connectivity index (χ0n) is 30.5. The fourth-order valence-electron chi connectivity index (χ4n) is 4.09. The number of methoxy groups -OCH3 is 2. The Morgan fingerprint density at radius 3 is 1.33 bits per heavy atom. The highest BCUT2D eigenvalue weighted by Gasteiger charge is 2.21. The Labute approximate surface area is 296 Å². The molecule has 0 saturated carbocycles. The van der Waals surface area contributed by atoms with E-state index >= 15 is 0 Å². The second kappa shape index (κ2) is 19.8. The zero-order valence-corrected chi connectivity index (χ0v) is 32.9. The summed E-state index contributed by atoms with van der Waals surface area (Å²) in [7, 11) is 1.01. The molecule has 17 heteroatoms. The molecule has 0 aliphatic heterocycles. The highest BCUT2D eigenvalue weighted by Crippen LogP contribution is 2.28. The number of aryl methyl sites for hydroxylation is 4. The van der Waals surface area contributed by atoms with Gasteiger partial charge in [-0.15, -0.1) is 0 Å². The van der Waals surface area contributed by atoms with E-state index in [2.05, 4.69) is 15.4 Å². The molecule has 49 heavy (non-hydrogen) atoms. The molecule has 0 aliphatic rings. The van der Waals surface area contributed by atoms with Gasteiger partial charge < -0.3 is 35.3 Å². The number of carbonyl (C=O) groups is 2. The third-order valence-corrected chi connectivity index (χ3v) is 9.11. The van der Waals surface area contributed by atoms with Gasteiger partial charge in [-0.3, -0.25) is 0 Å². The SMILES string of the molecule is CC(C)(C)OC(=O)NCCN.COc1cc(C)c(S(=O)(=O)Cl)c(C)c1.COc1cc(C)c(S(=O)(=O)NCCNC(=O)OC(C)(C)C)c(C)c1. The van der Waals surface area contributed by atoms with E-state index in [1.165, 1.54) is 14.2 Å². The van der Waals surface area contributed by atoms with Gasteiger partial charge in [0.1, 0.15) is 22.7 Å². The standard InChI is InChI=1S/C16H26N2O5S.C9H11ClO3S.C7H16N2O2/c1-11-9-13(22-6)10-12(2)14(11)24(20,21)18-8-7-17-15(19)23-16(3,4)5;1-6-4-8(13-3)5-7(2)9(6)14(10,11)12;1-7(2,3)11-6(10)9-5-4-8/h9-10,18H,7-8H2,1-6H3,(H,17,19);4-5H,1-3H3;4-5,8H2,1-3H3,(H,9,10). The molecule has 5 N–H and O–H groups in total. The predicted molar refractivity (Wildman–Crippen MR) is 191 cm³/mol. The molecular weight excluding hydrogens is 700 g/mol. The molecule has 2 aromatic carbocycles. The summed E-state index contributed by atoms with van der Waals surface area (Å²) in [4.78, 5) is 22.7. The molecular formula is C32H53ClN4O10S2. The van der Waals surface area contributed by atoms with Crippen LogP contribution in [-0.2, 0) is 28.5 Å². The van der Waals surface area contributed by atoms with Crippen molar-refractivity contribution in [2.45, 2.75) is 90.2 Å². The number of benzene rings is 2. The highest BCUT2D eigenvalue weighted by molar-refractivity contribution is 8.13. The maximum Gasteiger partial charge on any atom is 0.407 e. The van der Waals surface area contributed by atoms with Crippen LogP contribution in [0.1, 0.15) is 63.8 Å². The molecule has 0 unspecified atom stereocenters. The van der Waals surface area contributed by atoms with Crippen molar-refractivity contribution in [1.29, 1.82) is 0 Å². The molecule has 0 aromatic heterocycles. The number of sulfonamides is 1. The van der Waals surface area contributed by atoms with E-state index in [1.54, 1.807) is 72.7 Å². The minimum atomic E-state index is -3.68. The normalized spacial score (nSPS) is 11.6. The van der Waals surface area contributed by atoms with Gasteiger partial charge >= 0.3 is 12.2 Å². The van der Waals surface area contributed by atoms with Crippen molar-refractivity contribution in [1.82, 2.24) is 15.4 Å². The number of ether oxygens (including phenoxy) is 4. The number of halogens is 1. The fraction of sp³-hybridized carbons (Fsp3) is 0.562. The average Bonchev–Trinajstić information content (AvgIpc) is 2.91. The summed E-state index contributed by atoms with van der Waals surface area (Å²) in [5, 5.41) is 5.01. The molecule has 0 saturated heterocycles. The molecule has 0 aliphatic carbocycles. The quantitative estimate of drug-likeness (QED) is 0.191. The third-order valence-electron chi connectivity index (χ3n) is 5.75. The van der Waals surface area contributed by atoms with Crippen molar-refractivity contribution < 1.29 is 45.4 Å². The fourth-order valence-corrected chi connectivity index (χ4v) is 7.19. The molecule has 0 heterocycles. The summed E-state index contributed by atoms with van der Waals surface area (Å²) in [6.07, 6.45) is -0.999. The van der Waals surface area contributed by atoms with Crippen LogP contribution >= 0.6 is 10.7 Å². The average molecular weight is 753 g/mol. The van der Waals surface area contributed by atoms with Gasteiger partial charge in [0.2, 0.25) is 10.0 Å². The molecule has 2 aromatic rings. The van der Waals surface area contributed by atoms with E-state index in [-0.39, 0.29) is 22.9 Å². The van der Waals surface area contributed by atoms with Crippen LogP contribution in [0.2, 0.25) is 0 Å². The number of nitrogens with one attached hydrogen (secondary N) is 3. The predicted octanol–water partition coefficient (Wildman–Crippen LogP) is 4.82. The number of rotatable bonds is 10. The van der Waals surface area contributed by atoms with Gasteiger partial charge in [-0.25, -0.2) is 31.1 Å². The number of carbonyl (C=O) groups excluding carboxylic acids is 2. The Bertz CT molecular complexity index is 1570. The van der Waals surface area contributed by atoms with Crippen LogP contribution in [0.5, 0.6) is 11.5 Å². The van der Waals surface area contributed by atoms with Crippen LogP contribution in [0, 0.1) is 27.7 Å². The Balaban J connectivity index is 0.000000779. The van der Waals surface area contributed by atoms with Crippen LogP contribution in [0.25, 0.3) is 0 Å². The zero-order chi connectivity index (χ0) is 38.4. The maximum absolute atomic E-state index is 12.5. The summed E-state index contributed by atoms with van der Waals surface area (Å²) >= 11 is 0. The lowest BCUT2D eigenvalue weighted by molar-refractivity contribution is 0.0517. The van der Waals surface area contributed by atoms with Gasteiger partial charge in [0.25, 0.3) is 9.05 Å². The summed E-state index contributed by atoms with van der Waals surface area (Å²) in [5.74, 6) is 1.24. The number of nitrogens with two attached hydrogens (primary N) is 1. The molecule has 0 fully saturated rings. The number of hydrogen-bond donors (Lipinski definition) is 4. The summed E-state index contributed by atoms with van der Waals surface area (Å²) < 4.78 is 69.9. The first kappa shape index (κ1) is 45.7. The van der Waals surface area contributed by atoms with Crippen LogP contribution in [0.4, 0.5) is 9.59 Å². The van der Waals surface area contributed by atoms with Crippen molar-refractivity contribution in [3.05, 3.63) is 46.5 Å². The van der Waals surface area contributed by atoms with Crippen molar-refractivity contribution in [3.63, 3.8) is 0 Å². The smallest absolute Gasteiger partial charge is 0.407 e. The van der Waals surface area contributed by atoms with Gasteiger partial charge in [0.05, 0.1) is 24.0 Å². The lowest BCUT2D eigenvalue weighted by Crippen LogP contribution is -2.38. The minimum absolute atomic E-state index is 0.0620. The van der Waals surface area contributed by atoms with Gasteiger partial charge in [0, 0.05) is 36.9 Å². The van der Waals surface area contributed by atoms with E-state index in [0.717, 1.165) is 0 Å². The number of amides is 2. The van der Waals surface area contributed by atoms with Crippen LogP contribution in [0.15, 0.2) is 34.1 Å². The molecule has 14 nitrogen and oxygen atoms in total. The Morgan fingerprint density at radius 1 is 0.673 bits per heavy atom. The van der Waals surface area contributed by atoms with Crippen molar-refractivity contribution in [2.75, 3.05) is 40.4 Å². The molecule has 280 valence electrons. The first-order valence-electron chi connectivity index (χ1n) is 15.2. The Morgan fingerprint density at radius 2 is 1.02 bits per heavy atom. The molecule has 2 amide bonds. The largest absolute Gasteiger partial charge is 0.497 e. The summed E-state index contributed by atoms with van der Waals surface area (Å²) in [6.45, 7) is 18.6. The van der Waals surface area contributed by atoms with Crippen molar-refractivity contribution >= 4 is 41.9 Å². The Kier molecular flexibility index (Phi) is 18.4. The van der Waals surface area contributed by atoms with E-state index in [0.29, 0.717) is 46.8 Å². The van der Waals surface area contributed by atoms with Crippen LogP contribution < -0.4 is 30.6 Å². The molecule has 0 bridgehead atoms. The summed E-state index contributed by atoms with van der Waals surface area (Å²) in [6, 6.07) is 6.62. The van der Waals surface area contributed by atoms with E-state index in [4.69, 9.17) is 35.4 Å². The lowest BCUT2D eigenvalue weighted by atomic mass is 10.1. The van der Waals surface area contributed by atoms with Crippen LogP contribution in [0.3, 0.4) is 0 Å². The van der Waals surface area contributed by atoms with Gasteiger partial charge in [-0.1, -0.05) is 0 Å².